The Morgan fingerprint density at radius 1 is 1.16 bits per heavy atom. The third-order valence-electron chi connectivity index (χ3n) is 6.28. The summed E-state index contributed by atoms with van der Waals surface area (Å²) in [6.07, 6.45) is 3.05. The van der Waals surface area contributed by atoms with E-state index in [0.717, 1.165) is 5.39 Å². The van der Waals surface area contributed by atoms with Crippen molar-refractivity contribution in [2.75, 3.05) is 17.7 Å². The standard InChI is InChI=1S/C26H35N5O4SSi/c1-18(2)35-24-19(15-27)8-9-20-16-29-25(31-23(20)24)30-21-10-11-28-22(14-21)17-36(32,33)13-12-34-37(6,7)26(3,4)5/h8-11,14,16,18H,12-13,17H2,1-7H3,(H,28,29,30,31). The number of nitrogens with one attached hydrogen (secondary N) is 1. The molecule has 2 heterocycles. The Morgan fingerprint density at radius 2 is 1.89 bits per heavy atom. The maximum absolute atomic E-state index is 12.7. The average molecular weight is 542 g/mol. The Kier molecular flexibility index (Phi) is 8.57. The van der Waals surface area contributed by atoms with Crippen LogP contribution in [0, 0.1) is 11.3 Å². The number of ether oxygens (including phenoxy) is 1. The second-order valence-electron chi connectivity index (χ2n) is 10.7. The molecule has 0 atom stereocenters. The minimum absolute atomic E-state index is 0.0149. The number of fused-ring (bicyclic) bond motifs is 1. The zero-order valence-electron chi connectivity index (χ0n) is 22.5. The van der Waals surface area contributed by atoms with Crippen LogP contribution in [-0.2, 0) is 20.0 Å². The van der Waals surface area contributed by atoms with Crippen molar-refractivity contribution in [2.45, 2.75) is 64.6 Å². The van der Waals surface area contributed by atoms with Crippen molar-refractivity contribution < 1.29 is 17.6 Å². The highest BCUT2D eigenvalue weighted by Crippen LogP contribution is 2.36. The maximum atomic E-state index is 12.7. The Labute approximate surface area is 220 Å². The van der Waals surface area contributed by atoms with Crippen molar-refractivity contribution in [1.82, 2.24) is 15.0 Å². The summed E-state index contributed by atoms with van der Waals surface area (Å²) in [6.45, 7) is 14.5. The number of nitriles is 1. The molecule has 37 heavy (non-hydrogen) atoms. The van der Waals surface area contributed by atoms with Crippen molar-refractivity contribution in [3.8, 4) is 11.8 Å². The lowest BCUT2D eigenvalue weighted by Crippen LogP contribution is -2.41. The predicted octanol–water partition coefficient (Wildman–Crippen LogP) is 5.36. The van der Waals surface area contributed by atoms with Crippen LogP contribution >= 0.6 is 0 Å². The number of anilines is 2. The Bertz CT molecular complexity index is 1410. The predicted molar refractivity (Wildman–Crippen MR) is 148 cm³/mol. The first-order chi connectivity index (χ1) is 17.2. The van der Waals surface area contributed by atoms with E-state index in [1.807, 2.05) is 13.8 Å². The van der Waals surface area contributed by atoms with Gasteiger partial charge in [-0.1, -0.05) is 20.8 Å². The van der Waals surface area contributed by atoms with Crippen LogP contribution in [0.3, 0.4) is 0 Å². The molecule has 0 saturated carbocycles. The zero-order valence-corrected chi connectivity index (χ0v) is 24.3. The molecule has 9 nitrogen and oxygen atoms in total. The lowest BCUT2D eigenvalue weighted by molar-refractivity contribution is 0.244. The number of pyridine rings is 1. The molecule has 2 aromatic heterocycles. The van der Waals surface area contributed by atoms with Gasteiger partial charge in [-0.05, 0) is 56.2 Å². The summed E-state index contributed by atoms with van der Waals surface area (Å²) in [6, 6.07) is 8.97. The second kappa shape index (κ2) is 11.1. The van der Waals surface area contributed by atoms with Crippen molar-refractivity contribution in [1.29, 1.82) is 5.26 Å². The SMILES string of the molecule is CC(C)Oc1c(C#N)ccc2cnc(Nc3ccnc(CS(=O)(=O)CCO[Si](C)(C)C(C)(C)C)c3)nc12. The highest BCUT2D eigenvalue weighted by atomic mass is 32.2. The van der Waals surface area contributed by atoms with Gasteiger partial charge in [-0.15, -0.1) is 0 Å². The van der Waals surface area contributed by atoms with Gasteiger partial charge in [0.25, 0.3) is 0 Å². The van der Waals surface area contributed by atoms with E-state index in [1.165, 1.54) is 0 Å². The minimum atomic E-state index is -3.42. The molecule has 0 radical (unpaired) electrons. The Balaban J connectivity index is 1.75. The summed E-state index contributed by atoms with van der Waals surface area (Å²) in [5.74, 6) is 0.438. The number of hydrogen-bond acceptors (Lipinski definition) is 9. The van der Waals surface area contributed by atoms with Gasteiger partial charge in [0.15, 0.2) is 23.9 Å². The quantitative estimate of drug-likeness (QED) is 0.337. The number of aromatic nitrogens is 3. The van der Waals surface area contributed by atoms with E-state index in [4.69, 9.17) is 9.16 Å². The molecule has 0 unspecified atom stereocenters. The summed E-state index contributed by atoms with van der Waals surface area (Å²) in [5, 5.41) is 13.4. The molecule has 1 N–H and O–H groups in total. The Hall–Kier alpha value is -3.07. The molecule has 0 saturated heterocycles. The number of hydrogen-bond donors (Lipinski definition) is 1. The first-order valence-electron chi connectivity index (χ1n) is 12.1. The molecule has 0 aliphatic heterocycles. The van der Waals surface area contributed by atoms with Crippen molar-refractivity contribution in [3.05, 3.63) is 47.9 Å². The van der Waals surface area contributed by atoms with Gasteiger partial charge in [-0.2, -0.15) is 5.26 Å². The number of sulfone groups is 1. The highest BCUT2D eigenvalue weighted by molar-refractivity contribution is 7.90. The molecule has 0 aliphatic rings. The lowest BCUT2D eigenvalue weighted by atomic mass is 10.1. The van der Waals surface area contributed by atoms with Crippen LogP contribution in [0.4, 0.5) is 11.6 Å². The second-order valence-corrected chi connectivity index (χ2v) is 17.7. The fourth-order valence-electron chi connectivity index (χ4n) is 3.28. The summed E-state index contributed by atoms with van der Waals surface area (Å²) >= 11 is 0. The summed E-state index contributed by atoms with van der Waals surface area (Å²) in [7, 11) is -5.44. The molecule has 198 valence electrons. The third-order valence-corrected chi connectivity index (χ3v) is 12.3. The monoisotopic (exact) mass is 541 g/mol. The first kappa shape index (κ1) is 28.5. The average Bonchev–Trinajstić information content (AvgIpc) is 2.78. The van der Waals surface area contributed by atoms with Gasteiger partial charge in [-0.25, -0.2) is 18.4 Å². The van der Waals surface area contributed by atoms with Crippen LogP contribution in [0.2, 0.25) is 18.1 Å². The van der Waals surface area contributed by atoms with Gasteiger partial charge >= 0.3 is 0 Å². The summed E-state index contributed by atoms with van der Waals surface area (Å²) in [5.41, 5.74) is 1.91. The van der Waals surface area contributed by atoms with Crippen LogP contribution in [-0.4, -0.2) is 50.2 Å². The van der Waals surface area contributed by atoms with E-state index < -0.39 is 18.2 Å². The first-order valence-corrected chi connectivity index (χ1v) is 16.9. The van der Waals surface area contributed by atoms with E-state index >= 15 is 0 Å². The van der Waals surface area contributed by atoms with Gasteiger partial charge in [-0.3, -0.25) is 4.98 Å². The van der Waals surface area contributed by atoms with Crippen molar-refractivity contribution in [3.63, 3.8) is 0 Å². The summed E-state index contributed by atoms with van der Waals surface area (Å²) < 4.78 is 37.4. The van der Waals surface area contributed by atoms with Crippen LogP contribution in [0.15, 0.2) is 36.7 Å². The minimum Gasteiger partial charge on any atom is -0.487 e. The van der Waals surface area contributed by atoms with Gasteiger partial charge in [0.1, 0.15) is 11.6 Å². The maximum Gasteiger partial charge on any atom is 0.227 e. The number of nitrogens with zero attached hydrogens (tertiary/aromatic N) is 4. The summed E-state index contributed by atoms with van der Waals surface area (Å²) in [4.78, 5) is 13.2. The number of benzene rings is 1. The lowest BCUT2D eigenvalue weighted by Gasteiger charge is -2.36. The molecular weight excluding hydrogens is 506 g/mol. The fourth-order valence-corrected chi connectivity index (χ4v) is 5.56. The normalized spacial score (nSPS) is 12.5. The van der Waals surface area contributed by atoms with Crippen LogP contribution < -0.4 is 10.1 Å². The van der Waals surface area contributed by atoms with Gasteiger partial charge in [0, 0.05) is 30.1 Å². The van der Waals surface area contributed by atoms with Gasteiger partial charge < -0.3 is 14.5 Å². The van der Waals surface area contributed by atoms with Crippen LogP contribution in [0.1, 0.15) is 45.9 Å². The zero-order chi connectivity index (χ0) is 27.4. The van der Waals surface area contributed by atoms with Gasteiger partial charge in [0.05, 0.1) is 28.9 Å². The van der Waals surface area contributed by atoms with Gasteiger partial charge in [0.2, 0.25) is 5.95 Å². The molecule has 1 aromatic carbocycles. The van der Waals surface area contributed by atoms with Crippen molar-refractivity contribution in [2.24, 2.45) is 0 Å². The fraction of sp³-hybridized carbons (Fsp3) is 0.462. The Morgan fingerprint density at radius 3 is 2.54 bits per heavy atom. The molecule has 0 amide bonds. The van der Waals surface area contributed by atoms with E-state index in [-0.39, 0.29) is 29.3 Å². The van der Waals surface area contributed by atoms with E-state index in [1.54, 1.807) is 36.7 Å². The molecule has 0 bridgehead atoms. The van der Waals surface area contributed by atoms with Crippen LogP contribution in [0.5, 0.6) is 5.75 Å². The number of rotatable bonds is 10. The molecule has 0 fully saturated rings. The largest absolute Gasteiger partial charge is 0.487 e. The van der Waals surface area contributed by atoms with E-state index in [2.05, 4.69) is 60.2 Å². The van der Waals surface area contributed by atoms with E-state index in [0.29, 0.717) is 34.2 Å². The topological polar surface area (TPSA) is 127 Å². The third kappa shape index (κ3) is 7.47. The molecule has 3 rings (SSSR count). The molecule has 3 aromatic rings. The molecule has 0 aliphatic carbocycles. The molecule has 0 spiro atoms. The molecule has 11 heteroatoms. The molecular formula is C26H35N5O4SSi. The van der Waals surface area contributed by atoms with E-state index in [9.17, 15) is 13.7 Å². The van der Waals surface area contributed by atoms with Crippen molar-refractivity contribution >= 4 is 40.7 Å². The van der Waals surface area contributed by atoms with Crippen LogP contribution in [0.25, 0.3) is 10.9 Å². The highest BCUT2D eigenvalue weighted by Gasteiger charge is 2.37. The smallest absolute Gasteiger partial charge is 0.227 e.